The first-order valence-electron chi connectivity index (χ1n) is 6.77. The first-order chi connectivity index (χ1) is 9.33. The Morgan fingerprint density at radius 1 is 1.16 bits per heavy atom. The maximum absolute atomic E-state index is 9.57. The molecule has 19 heavy (non-hydrogen) atoms. The molecule has 1 heterocycles. The third-order valence-electron chi connectivity index (χ3n) is 3.28. The minimum atomic E-state index is 0.106. The quantitative estimate of drug-likeness (QED) is 0.812. The summed E-state index contributed by atoms with van der Waals surface area (Å²) in [6.07, 6.45) is 1.89. The summed E-state index contributed by atoms with van der Waals surface area (Å²) >= 11 is 1.77. The molecule has 0 fully saturated rings. The molecule has 0 aliphatic rings. The van der Waals surface area contributed by atoms with Crippen molar-refractivity contribution in [3.05, 3.63) is 58.3 Å². The van der Waals surface area contributed by atoms with Gasteiger partial charge in [-0.3, -0.25) is 0 Å². The zero-order valence-electron chi connectivity index (χ0n) is 11.3. The van der Waals surface area contributed by atoms with Crippen LogP contribution < -0.4 is 5.32 Å². The predicted molar refractivity (Wildman–Crippen MR) is 81.5 cm³/mol. The summed E-state index contributed by atoms with van der Waals surface area (Å²) in [4.78, 5) is 1.34. The van der Waals surface area contributed by atoms with E-state index < -0.39 is 0 Å². The van der Waals surface area contributed by atoms with Crippen molar-refractivity contribution >= 4 is 11.3 Å². The molecule has 2 atom stereocenters. The topological polar surface area (TPSA) is 32.3 Å². The molecule has 2 nitrogen and oxygen atoms in total. The van der Waals surface area contributed by atoms with E-state index in [4.69, 9.17) is 0 Å². The van der Waals surface area contributed by atoms with Gasteiger partial charge in [0.25, 0.3) is 0 Å². The van der Waals surface area contributed by atoms with Crippen molar-refractivity contribution in [2.75, 3.05) is 6.61 Å². The van der Waals surface area contributed by atoms with Gasteiger partial charge in [0.05, 0.1) is 6.61 Å². The third-order valence-corrected chi connectivity index (χ3v) is 4.26. The van der Waals surface area contributed by atoms with Gasteiger partial charge in [-0.15, -0.1) is 11.3 Å². The van der Waals surface area contributed by atoms with Gasteiger partial charge in [0.2, 0.25) is 0 Å². The standard InChI is InChI=1S/C16H21NOS/c1-2-15(16-9-6-10-19-16)17-14(12-18)11-13-7-4-3-5-8-13/h3-10,14-15,17-18H,2,11-12H2,1H3. The van der Waals surface area contributed by atoms with Crippen LogP contribution in [-0.2, 0) is 6.42 Å². The highest BCUT2D eigenvalue weighted by atomic mass is 32.1. The highest BCUT2D eigenvalue weighted by Crippen LogP contribution is 2.22. The zero-order valence-corrected chi connectivity index (χ0v) is 12.1. The lowest BCUT2D eigenvalue weighted by Gasteiger charge is -2.23. The van der Waals surface area contributed by atoms with Crippen molar-refractivity contribution in [3.63, 3.8) is 0 Å². The lowest BCUT2D eigenvalue weighted by Crippen LogP contribution is -2.37. The van der Waals surface area contributed by atoms with E-state index in [0.29, 0.717) is 6.04 Å². The fourth-order valence-corrected chi connectivity index (χ4v) is 3.12. The summed E-state index contributed by atoms with van der Waals surface area (Å²) in [6.45, 7) is 2.34. The van der Waals surface area contributed by atoms with Gasteiger partial charge < -0.3 is 10.4 Å². The number of thiophene rings is 1. The normalized spacial score (nSPS) is 14.2. The number of aliphatic hydroxyl groups is 1. The van der Waals surface area contributed by atoms with Crippen LogP contribution in [0.25, 0.3) is 0 Å². The fourth-order valence-electron chi connectivity index (χ4n) is 2.25. The van der Waals surface area contributed by atoms with Crippen LogP contribution in [0.15, 0.2) is 47.8 Å². The van der Waals surface area contributed by atoms with Crippen LogP contribution in [0.2, 0.25) is 0 Å². The van der Waals surface area contributed by atoms with Crippen molar-refractivity contribution in [1.82, 2.24) is 5.32 Å². The molecule has 0 aliphatic heterocycles. The van der Waals surface area contributed by atoms with Gasteiger partial charge >= 0.3 is 0 Å². The Hall–Kier alpha value is -1.16. The first-order valence-corrected chi connectivity index (χ1v) is 7.65. The highest BCUT2D eigenvalue weighted by Gasteiger charge is 2.16. The number of rotatable bonds is 7. The maximum Gasteiger partial charge on any atom is 0.0588 e. The second kappa shape index (κ2) is 7.43. The van der Waals surface area contributed by atoms with Crippen LogP contribution in [0.3, 0.4) is 0 Å². The lowest BCUT2D eigenvalue weighted by molar-refractivity contribution is 0.229. The Morgan fingerprint density at radius 3 is 2.53 bits per heavy atom. The Kier molecular flexibility index (Phi) is 5.58. The minimum absolute atomic E-state index is 0.106. The van der Waals surface area contributed by atoms with E-state index in [9.17, 15) is 5.11 Å². The van der Waals surface area contributed by atoms with Gasteiger partial charge in [-0.2, -0.15) is 0 Å². The number of benzene rings is 1. The molecule has 0 bridgehead atoms. The fraction of sp³-hybridized carbons (Fsp3) is 0.375. The minimum Gasteiger partial charge on any atom is -0.395 e. The van der Waals surface area contributed by atoms with E-state index in [2.05, 4.69) is 41.9 Å². The Morgan fingerprint density at radius 2 is 1.95 bits per heavy atom. The van der Waals surface area contributed by atoms with E-state index in [1.54, 1.807) is 11.3 Å². The van der Waals surface area contributed by atoms with Gasteiger partial charge in [-0.1, -0.05) is 43.3 Å². The molecule has 0 radical (unpaired) electrons. The second-order valence-electron chi connectivity index (χ2n) is 4.71. The van der Waals surface area contributed by atoms with Crippen molar-refractivity contribution < 1.29 is 5.11 Å². The monoisotopic (exact) mass is 275 g/mol. The zero-order chi connectivity index (χ0) is 13.5. The molecule has 0 aliphatic carbocycles. The van der Waals surface area contributed by atoms with Crippen LogP contribution in [0, 0.1) is 0 Å². The molecule has 2 unspecified atom stereocenters. The average Bonchev–Trinajstić information content (AvgIpc) is 2.98. The van der Waals surface area contributed by atoms with Crippen molar-refractivity contribution in [1.29, 1.82) is 0 Å². The van der Waals surface area contributed by atoms with Gasteiger partial charge in [0.15, 0.2) is 0 Å². The molecule has 2 aromatic rings. The van der Waals surface area contributed by atoms with Gasteiger partial charge in [-0.25, -0.2) is 0 Å². The molecular formula is C16H21NOS. The number of hydrogen-bond donors (Lipinski definition) is 2. The van der Waals surface area contributed by atoms with Crippen molar-refractivity contribution in [3.8, 4) is 0 Å². The summed E-state index contributed by atoms with van der Waals surface area (Å²) in [5.41, 5.74) is 1.26. The molecule has 0 spiro atoms. The SMILES string of the molecule is CCC(NC(CO)Cc1ccccc1)c1cccs1. The van der Waals surface area contributed by atoms with Gasteiger partial charge in [-0.05, 0) is 29.9 Å². The maximum atomic E-state index is 9.57. The van der Waals surface area contributed by atoms with E-state index in [0.717, 1.165) is 12.8 Å². The lowest BCUT2D eigenvalue weighted by atomic mass is 10.0. The van der Waals surface area contributed by atoms with Crippen molar-refractivity contribution in [2.45, 2.75) is 31.8 Å². The smallest absolute Gasteiger partial charge is 0.0588 e. The van der Waals surface area contributed by atoms with Gasteiger partial charge in [0.1, 0.15) is 0 Å². The van der Waals surface area contributed by atoms with E-state index in [1.165, 1.54) is 10.4 Å². The van der Waals surface area contributed by atoms with Crippen molar-refractivity contribution in [2.24, 2.45) is 0 Å². The van der Waals surface area contributed by atoms with Gasteiger partial charge in [0, 0.05) is 17.0 Å². The third kappa shape index (κ3) is 4.16. The van der Waals surface area contributed by atoms with Crippen LogP contribution in [0.4, 0.5) is 0 Å². The summed E-state index contributed by atoms with van der Waals surface area (Å²) in [7, 11) is 0. The molecule has 2 N–H and O–H groups in total. The molecule has 1 aromatic heterocycles. The highest BCUT2D eigenvalue weighted by molar-refractivity contribution is 7.10. The Bertz CT molecular complexity index is 455. The molecule has 0 saturated heterocycles. The average molecular weight is 275 g/mol. The Balaban J connectivity index is 1.98. The van der Waals surface area contributed by atoms with Crippen LogP contribution >= 0.6 is 11.3 Å². The summed E-state index contributed by atoms with van der Waals surface area (Å²) in [6, 6.07) is 15.0. The predicted octanol–water partition coefficient (Wildman–Crippen LogP) is 3.39. The summed E-state index contributed by atoms with van der Waals surface area (Å²) < 4.78 is 0. The second-order valence-corrected chi connectivity index (χ2v) is 5.69. The molecule has 1 aromatic carbocycles. The largest absolute Gasteiger partial charge is 0.395 e. The first kappa shape index (κ1) is 14.3. The molecule has 3 heteroatoms. The van der Waals surface area contributed by atoms with E-state index >= 15 is 0 Å². The molecule has 0 amide bonds. The van der Waals surface area contributed by atoms with Crippen LogP contribution in [0.1, 0.15) is 29.8 Å². The number of hydrogen-bond acceptors (Lipinski definition) is 3. The Labute approximate surface area is 119 Å². The molecule has 2 rings (SSSR count). The number of nitrogens with one attached hydrogen (secondary N) is 1. The summed E-state index contributed by atoms with van der Waals surface area (Å²) in [5.74, 6) is 0. The van der Waals surface area contributed by atoms with Crippen LogP contribution in [0.5, 0.6) is 0 Å². The number of aliphatic hydroxyl groups excluding tert-OH is 1. The van der Waals surface area contributed by atoms with Crippen LogP contribution in [-0.4, -0.2) is 17.8 Å². The van der Waals surface area contributed by atoms with E-state index in [1.807, 2.05) is 18.2 Å². The molecule has 102 valence electrons. The molecular weight excluding hydrogens is 254 g/mol. The summed E-state index contributed by atoms with van der Waals surface area (Å²) in [5, 5.41) is 15.2. The van der Waals surface area contributed by atoms with E-state index in [-0.39, 0.29) is 12.6 Å². The molecule has 0 saturated carbocycles.